The van der Waals surface area contributed by atoms with E-state index in [1.165, 1.54) is 0 Å². The van der Waals surface area contributed by atoms with Crippen molar-refractivity contribution >= 4 is 27.9 Å². The minimum atomic E-state index is -1.42. The normalized spacial score (nSPS) is 8.43. The molecular formula is C4H8AlClO. The first-order chi connectivity index (χ1) is 3.18. The van der Waals surface area contributed by atoms with E-state index in [9.17, 15) is 4.79 Å². The van der Waals surface area contributed by atoms with Crippen molar-refractivity contribution in [2.24, 2.45) is 0 Å². The summed E-state index contributed by atoms with van der Waals surface area (Å²) in [5.41, 5.74) is 0. The molecule has 7 heavy (non-hydrogen) atoms. The van der Waals surface area contributed by atoms with E-state index in [2.05, 4.69) is 0 Å². The summed E-state index contributed by atoms with van der Waals surface area (Å²) >= 11 is -1.42. The first-order valence-corrected chi connectivity index (χ1v) is 5.47. The van der Waals surface area contributed by atoms with Gasteiger partial charge in [0.15, 0.2) is 0 Å². The summed E-state index contributed by atoms with van der Waals surface area (Å²) in [4.78, 5) is 10.3. The van der Waals surface area contributed by atoms with Gasteiger partial charge in [0.05, 0.1) is 4.65 Å². The largest absolute Gasteiger partial charge is 0.489 e. The Morgan fingerprint density at radius 3 is 2.29 bits per heavy atom. The molecule has 0 saturated carbocycles. The number of halogens is 1. The second-order valence-electron chi connectivity index (χ2n) is 1.49. The Hall–Kier alpha value is 0.492. The van der Waals surface area contributed by atoms with Gasteiger partial charge in [-0.1, -0.05) is 12.2 Å². The van der Waals surface area contributed by atoms with Crippen LogP contribution in [0.1, 0.15) is 13.8 Å². The van der Waals surface area contributed by atoms with Crippen LogP contribution in [0.2, 0.25) is 5.28 Å². The summed E-state index contributed by atoms with van der Waals surface area (Å²) in [7, 11) is 5.59. The lowest BCUT2D eigenvalue weighted by molar-refractivity contribution is -0.110. The third-order valence-corrected chi connectivity index (χ3v) is 4.25. The Balaban J connectivity index is 3.34. The summed E-state index contributed by atoms with van der Waals surface area (Å²) in [6, 6.07) is 0. The van der Waals surface area contributed by atoms with Gasteiger partial charge >= 0.3 is 13.2 Å². The second kappa shape index (κ2) is 3.49. The van der Waals surface area contributed by atoms with E-state index in [0.29, 0.717) is 0 Å². The smallest absolute Gasteiger partial charge is 0.319 e. The highest BCUT2D eigenvalue weighted by atomic mass is 35.6. The van der Waals surface area contributed by atoms with Gasteiger partial charge in [-0.05, 0) is 6.92 Å². The maximum Gasteiger partial charge on any atom is 0.489 e. The standard InChI is InChI=1S/C2H3O.C2H5.Al.ClH/c1-2-3;1-2;;/h1H3;1H2,2H3;;1H/q;;+1;/p-1. The predicted octanol–water partition coefficient (Wildman–Crippen LogP) is 1.36. The number of carbonyl (C=O) groups excluding carboxylic acids is 1. The van der Waals surface area contributed by atoms with E-state index in [0.717, 1.165) is 5.28 Å². The third-order valence-electron chi connectivity index (χ3n) is 0.800. The van der Waals surface area contributed by atoms with Gasteiger partial charge in [-0.25, -0.2) is 10.0 Å². The molecule has 0 bridgehead atoms. The number of hydrogen-bond acceptors (Lipinski definition) is 1. The summed E-state index contributed by atoms with van der Waals surface area (Å²) in [5, 5.41) is 0.872. The molecule has 1 nitrogen and oxygen atoms in total. The van der Waals surface area contributed by atoms with Crippen LogP contribution >= 0.6 is 10.0 Å². The first-order valence-electron chi connectivity index (χ1n) is 2.33. The Kier molecular flexibility index (Phi) is 3.73. The highest BCUT2D eigenvalue weighted by Gasteiger charge is 2.16. The van der Waals surface area contributed by atoms with Crippen molar-refractivity contribution in [3.8, 4) is 0 Å². The maximum atomic E-state index is 10.3. The molecule has 0 aromatic carbocycles. The molecule has 0 spiro atoms. The zero-order valence-electron chi connectivity index (χ0n) is 4.57. The molecule has 0 saturated heterocycles. The fraction of sp³-hybridized carbons (Fsp3) is 0.750. The highest BCUT2D eigenvalue weighted by Crippen LogP contribution is 1.95. The van der Waals surface area contributed by atoms with E-state index in [4.69, 9.17) is 10.0 Å². The molecule has 0 aliphatic rings. The highest BCUT2D eigenvalue weighted by molar-refractivity contribution is 7.23. The lowest BCUT2D eigenvalue weighted by Gasteiger charge is -1.87. The SMILES string of the molecule is C[CH2][Al]([Cl])[C](C)=O. The van der Waals surface area contributed by atoms with Crippen molar-refractivity contribution in [3.05, 3.63) is 0 Å². The molecule has 0 N–H and O–H groups in total. The number of rotatable bonds is 2. The van der Waals surface area contributed by atoms with Crippen molar-refractivity contribution in [2.45, 2.75) is 19.1 Å². The first kappa shape index (κ1) is 7.49. The topological polar surface area (TPSA) is 17.1 Å². The van der Waals surface area contributed by atoms with Gasteiger partial charge in [-0.2, -0.15) is 0 Å². The molecule has 0 heterocycles. The Labute approximate surface area is 52.3 Å². The lowest BCUT2D eigenvalue weighted by atomic mass is 10.9. The predicted molar refractivity (Wildman–Crippen MR) is 32.8 cm³/mol. The zero-order valence-corrected chi connectivity index (χ0v) is 6.48. The summed E-state index contributed by atoms with van der Waals surface area (Å²) in [6.45, 7) is 3.51. The molecule has 0 fully saturated rings. The van der Waals surface area contributed by atoms with Crippen LogP contribution in [0.4, 0.5) is 0 Å². The lowest BCUT2D eigenvalue weighted by Crippen LogP contribution is -2.13. The molecule has 0 aromatic heterocycles. The van der Waals surface area contributed by atoms with E-state index >= 15 is 0 Å². The van der Waals surface area contributed by atoms with Crippen LogP contribution < -0.4 is 0 Å². The van der Waals surface area contributed by atoms with Crippen LogP contribution in [-0.2, 0) is 4.79 Å². The summed E-state index contributed by atoms with van der Waals surface area (Å²) in [6.07, 6.45) is 0. The van der Waals surface area contributed by atoms with Crippen LogP contribution in [0, 0.1) is 0 Å². The van der Waals surface area contributed by atoms with Gasteiger partial charge in [0.25, 0.3) is 0 Å². The zero-order chi connectivity index (χ0) is 5.86. The van der Waals surface area contributed by atoms with Crippen LogP contribution in [0.25, 0.3) is 0 Å². The molecule has 0 aromatic rings. The molecule has 0 radical (unpaired) electrons. The fourth-order valence-electron chi connectivity index (χ4n) is 0.287. The summed E-state index contributed by atoms with van der Waals surface area (Å²) < 4.78 is 0.198. The van der Waals surface area contributed by atoms with Crippen LogP contribution in [0.3, 0.4) is 0 Å². The van der Waals surface area contributed by atoms with E-state index in [1.54, 1.807) is 6.92 Å². The van der Waals surface area contributed by atoms with Gasteiger partial charge in [0, 0.05) is 0 Å². The molecule has 3 heteroatoms. The fourth-order valence-corrected chi connectivity index (χ4v) is 0.862. The Bertz CT molecular complexity index is 74.1. The van der Waals surface area contributed by atoms with Gasteiger partial charge in [-0.3, -0.25) is 0 Å². The molecule has 0 amide bonds. The van der Waals surface area contributed by atoms with Crippen LogP contribution in [0.15, 0.2) is 0 Å². The monoisotopic (exact) mass is 134 g/mol. The molecular weight excluding hydrogens is 126 g/mol. The maximum absolute atomic E-state index is 10.3. The van der Waals surface area contributed by atoms with E-state index < -0.39 is 13.2 Å². The van der Waals surface area contributed by atoms with E-state index in [1.807, 2.05) is 6.92 Å². The molecule has 0 aliphatic heterocycles. The van der Waals surface area contributed by atoms with Crippen molar-refractivity contribution in [1.29, 1.82) is 0 Å². The van der Waals surface area contributed by atoms with Crippen molar-refractivity contribution in [2.75, 3.05) is 0 Å². The van der Waals surface area contributed by atoms with Crippen molar-refractivity contribution < 1.29 is 4.79 Å². The molecule has 0 aliphatic carbocycles. The Morgan fingerprint density at radius 2 is 2.29 bits per heavy atom. The molecule has 0 atom stereocenters. The average molecular weight is 135 g/mol. The van der Waals surface area contributed by atoms with Crippen molar-refractivity contribution in [3.63, 3.8) is 0 Å². The van der Waals surface area contributed by atoms with Crippen LogP contribution in [-0.4, -0.2) is 17.9 Å². The van der Waals surface area contributed by atoms with Gasteiger partial charge in [0.2, 0.25) is 0 Å². The van der Waals surface area contributed by atoms with Gasteiger partial charge < -0.3 is 4.79 Å². The van der Waals surface area contributed by atoms with Crippen LogP contribution in [0.5, 0.6) is 0 Å². The minimum absolute atomic E-state index is 0.198. The van der Waals surface area contributed by atoms with Gasteiger partial charge in [0.1, 0.15) is 0 Å². The quantitative estimate of drug-likeness (QED) is 0.522. The molecule has 40 valence electrons. The molecule has 0 unspecified atom stereocenters. The summed E-state index contributed by atoms with van der Waals surface area (Å²) in [5.74, 6) is 0. The Morgan fingerprint density at radius 1 is 1.86 bits per heavy atom. The number of hydrogen-bond donors (Lipinski definition) is 0. The van der Waals surface area contributed by atoms with E-state index in [-0.39, 0.29) is 4.65 Å². The minimum Gasteiger partial charge on any atom is -0.319 e. The molecule has 0 rings (SSSR count). The second-order valence-corrected chi connectivity index (χ2v) is 5.63. The van der Waals surface area contributed by atoms with Gasteiger partial charge in [-0.15, -0.1) is 0 Å². The number of carbonyl (C=O) groups is 1. The average Bonchev–Trinajstić information content (AvgIpc) is 1.65. The third kappa shape index (κ3) is 3.11. The van der Waals surface area contributed by atoms with Crippen molar-refractivity contribution in [1.82, 2.24) is 0 Å².